The molecule has 3 aromatic rings. The summed E-state index contributed by atoms with van der Waals surface area (Å²) in [7, 11) is 0. The van der Waals surface area contributed by atoms with Crippen LogP contribution in [0.5, 0.6) is 0 Å². The minimum absolute atomic E-state index is 0.124. The van der Waals surface area contributed by atoms with Gasteiger partial charge in [-0.15, -0.1) is 0 Å². The van der Waals surface area contributed by atoms with Crippen LogP contribution in [0.15, 0.2) is 54.9 Å². The van der Waals surface area contributed by atoms with E-state index >= 15 is 0 Å². The number of pyridine rings is 1. The number of hydrogen-bond acceptors (Lipinski definition) is 3. The number of fused-ring (bicyclic) bond motifs is 1. The lowest BCUT2D eigenvalue weighted by Gasteiger charge is -2.11. The van der Waals surface area contributed by atoms with Gasteiger partial charge in [0.25, 0.3) is 0 Å². The Morgan fingerprint density at radius 3 is 2.80 bits per heavy atom. The van der Waals surface area contributed by atoms with E-state index in [0.29, 0.717) is 27.5 Å². The third-order valence-electron chi connectivity index (χ3n) is 3.57. The summed E-state index contributed by atoms with van der Waals surface area (Å²) in [6, 6.07) is 6.17. The molecule has 2 heterocycles. The third kappa shape index (κ3) is 3.37. The Kier molecular flexibility index (Phi) is 4.76. The molecule has 25 heavy (non-hydrogen) atoms. The van der Waals surface area contributed by atoms with Crippen molar-refractivity contribution in [3.63, 3.8) is 0 Å². The third-order valence-corrected chi connectivity index (χ3v) is 3.81. The maximum Gasteiger partial charge on any atom is 0.153 e. The smallest absolute Gasteiger partial charge is 0.153 e. The molecule has 0 atom stereocenters. The van der Waals surface area contributed by atoms with Gasteiger partial charge < -0.3 is 0 Å². The van der Waals surface area contributed by atoms with Gasteiger partial charge in [0.2, 0.25) is 0 Å². The fourth-order valence-corrected chi connectivity index (χ4v) is 2.77. The van der Waals surface area contributed by atoms with Crippen LogP contribution >= 0.6 is 11.6 Å². The van der Waals surface area contributed by atoms with Crippen LogP contribution in [0.3, 0.4) is 0 Å². The van der Waals surface area contributed by atoms with Crippen molar-refractivity contribution in [3.05, 3.63) is 71.6 Å². The molecule has 2 aromatic heterocycles. The Morgan fingerprint density at radius 2 is 2.12 bits per heavy atom. The molecule has 1 aromatic carbocycles. The number of allylic oxidation sites excluding steroid dienone is 4. The zero-order valence-corrected chi connectivity index (χ0v) is 14.5. The number of nitrogens with zero attached hydrogens (tertiary/aromatic N) is 3. The van der Waals surface area contributed by atoms with Crippen molar-refractivity contribution in [2.75, 3.05) is 0 Å². The van der Waals surface area contributed by atoms with Crippen LogP contribution in [0.2, 0.25) is 5.02 Å². The molecule has 0 amide bonds. The highest BCUT2D eigenvalue weighted by Crippen LogP contribution is 2.28. The molecule has 0 aliphatic rings. The zero-order valence-electron chi connectivity index (χ0n) is 13.7. The highest BCUT2D eigenvalue weighted by molar-refractivity contribution is 6.30. The second-order valence-corrected chi connectivity index (χ2v) is 5.88. The van der Waals surface area contributed by atoms with Gasteiger partial charge in [0.1, 0.15) is 11.6 Å². The first kappa shape index (κ1) is 17.0. The maximum absolute atomic E-state index is 14.6. The quantitative estimate of drug-likeness (QED) is 0.500. The molecule has 0 spiro atoms. The first-order valence-electron chi connectivity index (χ1n) is 7.64. The Balaban J connectivity index is 2.38. The lowest BCUT2D eigenvalue weighted by atomic mass is 10.1. The van der Waals surface area contributed by atoms with Crippen LogP contribution in [0.1, 0.15) is 19.7 Å². The van der Waals surface area contributed by atoms with E-state index < -0.39 is 5.82 Å². The average Bonchev–Trinajstić information content (AvgIpc) is 2.93. The van der Waals surface area contributed by atoms with Crippen LogP contribution in [-0.2, 0) is 4.79 Å². The molecule has 0 aliphatic carbocycles. The van der Waals surface area contributed by atoms with Crippen molar-refractivity contribution in [2.45, 2.75) is 13.8 Å². The van der Waals surface area contributed by atoms with E-state index in [1.165, 1.54) is 19.1 Å². The number of carbonyl (C=O) groups excluding carboxylic acids is 1. The van der Waals surface area contributed by atoms with Crippen LogP contribution in [-0.4, -0.2) is 20.3 Å². The molecule has 6 heteroatoms. The Labute approximate surface area is 149 Å². The summed E-state index contributed by atoms with van der Waals surface area (Å²) < 4.78 is 16.2. The summed E-state index contributed by atoms with van der Waals surface area (Å²) in [5, 5.41) is 0.304. The van der Waals surface area contributed by atoms with Gasteiger partial charge in [0.05, 0.1) is 22.9 Å². The van der Waals surface area contributed by atoms with Gasteiger partial charge in [-0.3, -0.25) is 14.3 Å². The van der Waals surface area contributed by atoms with Gasteiger partial charge in [-0.1, -0.05) is 23.8 Å². The fraction of sp³-hybridized carbons (Fsp3) is 0.105. The molecule has 126 valence electrons. The largest absolute Gasteiger partial charge is 0.295 e. The predicted octanol–water partition coefficient (Wildman–Crippen LogP) is 4.76. The zero-order chi connectivity index (χ0) is 18.0. The maximum atomic E-state index is 14.6. The van der Waals surface area contributed by atoms with E-state index in [4.69, 9.17) is 11.6 Å². The Morgan fingerprint density at radius 1 is 1.32 bits per heavy atom. The number of ketones is 1. The molecule has 0 saturated heterocycles. The van der Waals surface area contributed by atoms with Crippen molar-refractivity contribution in [3.8, 4) is 5.69 Å². The number of halogens is 2. The summed E-state index contributed by atoms with van der Waals surface area (Å²) >= 11 is 5.87. The average molecular weight is 356 g/mol. The first-order valence-corrected chi connectivity index (χ1v) is 8.02. The molecule has 0 radical (unpaired) electrons. The summed E-state index contributed by atoms with van der Waals surface area (Å²) in [6.45, 7) is 3.30. The molecule has 0 N–H and O–H groups in total. The first-order chi connectivity index (χ1) is 12.0. The number of imidazole rings is 1. The summed E-state index contributed by atoms with van der Waals surface area (Å²) in [5.41, 5.74) is 2.16. The number of carbonyl (C=O) groups is 1. The summed E-state index contributed by atoms with van der Waals surface area (Å²) in [5.74, 6) is -0.154. The highest BCUT2D eigenvalue weighted by Gasteiger charge is 2.18. The monoisotopic (exact) mass is 355 g/mol. The van der Waals surface area contributed by atoms with Crippen molar-refractivity contribution >= 4 is 34.0 Å². The van der Waals surface area contributed by atoms with Crippen LogP contribution in [0, 0.1) is 5.82 Å². The second-order valence-electron chi connectivity index (χ2n) is 5.44. The fourth-order valence-electron chi connectivity index (χ4n) is 2.61. The Hall–Kier alpha value is -2.79. The van der Waals surface area contributed by atoms with Gasteiger partial charge in [0.15, 0.2) is 5.78 Å². The molecule has 0 aliphatic heterocycles. The number of rotatable bonds is 4. The molecule has 0 saturated carbocycles. The highest BCUT2D eigenvalue weighted by atomic mass is 35.5. The van der Waals surface area contributed by atoms with Gasteiger partial charge in [-0.05, 0) is 44.2 Å². The molecule has 3 rings (SSSR count). The van der Waals surface area contributed by atoms with Gasteiger partial charge in [0, 0.05) is 16.8 Å². The molecule has 0 fully saturated rings. The van der Waals surface area contributed by atoms with E-state index in [1.807, 2.05) is 6.92 Å². The minimum Gasteiger partial charge on any atom is -0.295 e. The lowest BCUT2D eigenvalue weighted by Crippen LogP contribution is -2.03. The van der Waals surface area contributed by atoms with Crippen LogP contribution < -0.4 is 0 Å². The number of aromatic nitrogens is 3. The van der Waals surface area contributed by atoms with Crippen molar-refractivity contribution < 1.29 is 9.18 Å². The predicted molar refractivity (Wildman–Crippen MR) is 97.3 cm³/mol. The van der Waals surface area contributed by atoms with Gasteiger partial charge >= 0.3 is 0 Å². The van der Waals surface area contributed by atoms with E-state index in [2.05, 4.69) is 9.97 Å². The normalized spacial score (nSPS) is 12.2. The van der Waals surface area contributed by atoms with E-state index in [-0.39, 0.29) is 11.5 Å². The summed E-state index contributed by atoms with van der Waals surface area (Å²) in [4.78, 5) is 20.3. The standard InChI is InChI=1S/C19H15ClFN3O/c1-3-4-13(9-12(2)25)19-23-16-7-8-22-11-18(16)24(19)17-6-5-14(20)10-15(17)21/h3-11H,1-2H3/b4-3-,13-9+. The lowest BCUT2D eigenvalue weighted by molar-refractivity contribution is -0.112. The SMILES string of the molecule is C/C=C\C(=C/C(C)=O)c1nc2ccncc2n1-c1ccc(Cl)cc1F. The van der Waals surface area contributed by atoms with E-state index in [1.54, 1.807) is 47.3 Å². The van der Waals surface area contributed by atoms with Crippen LogP contribution in [0.4, 0.5) is 4.39 Å². The van der Waals surface area contributed by atoms with E-state index in [9.17, 15) is 9.18 Å². The second kappa shape index (κ2) is 6.99. The van der Waals surface area contributed by atoms with Crippen molar-refractivity contribution in [1.29, 1.82) is 0 Å². The molecular formula is C19H15ClFN3O. The number of hydrogen-bond donors (Lipinski definition) is 0. The van der Waals surface area contributed by atoms with Crippen LogP contribution in [0.25, 0.3) is 22.3 Å². The molecule has 4 nitrogen and oxygen atoms in total. The molecular weight excluding hydrogens is 341 g/mol. The van der Waals surface area contributed by atoms with E-state index in [0.717, 1.165) is 0 Å². The van der Waals surface area contributed by atoms with Crippen molar-refractivity contribution in [2.24, 2.45) is 0 Å². The topological polar surface area (TPSA) is 47.8 Å². The van der Waals surface area contributed by atoms with Gasteiger partial charge in [-0.25, -0.2) is 9.37 Å². The number of benzene rings is 1. The van der Waals surface area contributed by atoms with Crippen molar-refractivity contribution in [1.82, 2.24) is 14.5 Å². The molecule has 0 bridgehead atoms. The molecule has 0 unspecified atom stereocenters. The Bertz CT molecular complexity index is 1020. The van der Waals surface area contributed by atoms with Gasteiger partial charge in [-0.2, -0.15) is 0 Å². The minimum atomic E-state index is -0.487. The summed E-state index contributed by atoms with van der Waals surface area (Å²) in [6.07, 6.45) is 8.26.